The van der Waals surface area contributed by atoms with Crippen molar-refractivity contribution in [3.63, 3.8) is 0 Å². The van der Waals surface area contributed by atoms with Gasteiger partial charge in [-0.3, -0.25) is 9.59 Å². The van der Waals surface area contributed by atoms with Gasteiger partial charge in [0.15, 0.2) is 0 Å². The van der Waals surface area contributed by atoms with E-state index in [4.69, 9.17) is 5.73 Å². The number of nitrogens with two attached hydrogens (primary N) is 1. The van der Waals surface area contributed by atoms with Crippen LogP contribution in [-0.4, -0.2) is 53.8 Å². The van der Waals surface area contributed by atoms with Crippen molar-refractivity contribution in [3.8, 4) is 0 Å². The molecule has 2 N–H and O–H groups in total. The second kappa shape index (κ2) is 7.55. The van der Waals surface area contributed by atoms with E-state index in [1.54, 1.807) is 21.9 Å². The standard InChI is InChI=1S/C17H24FN3O2/c1-12(13(2)19)16(22)20-8-5-9-21(11-10-20)17(23)14-6-3-4-7-15(14)18/h3-4,6-7,12-13H,5,8-11,19H2,1-2H3. The van der Waals surface area contributed by atoms with Crippen molar-refractivity contribution in [2.45, 2.75) is 26.3 Å². The lowest BCUT2D eigenvalue weighted by Crippen LogP contribution is -2.43. The molecule has 23 heavy (non-hydrogen) atoms. The smallest absolute Gasteiger partial charge is 0.256 e. The van der Waals surface area contributed by atoms with Gasteiger partial charge in [0.2, 0.25) is 5.91 Å². The van der Waals surface area contributed by atoms with Crippen LogP contribution in [0.25, 0.3) is 0 Å². The van der Waals surface area contributed by atoms with Crippen molar-refractivity contribution in [1.82, 2.24) is 9.80 Å². The Hall–Kier alpha value is -1.95. The Morgan fingerprint density at radius 3 is 2.35 bits per heavy atom. The second-order valence-electron chi connectivity index (χ2n) is 6.10. The summed E-state index contributed by atoms with van der Waals surface area (Å²) in [6, 6.07) is 5.77. The summed E-state index contributed by atoms with van der Waals surface area (Å²) in [5.74, 6) is -1.07. The van der Waals surface area contributed by atoms with E-state index in [1.807, 2.05) is 13.8 Å². The Kier molecular flexibility index (Phi) is 5.71. The van der Waals surface area contributed by atoms with E-state index >= 15 is 0 Å². The van der Waals surface area contributed by atoms with Gasteiger partial charge in [-0.1, -0.05) is 19.1 Å². The third kappa shape index (κ3) is 4.07. The van der Waals surface area contributed by atoms with Gasteiger partial charge in [-0.05, 0) is 25.5 Å². The fourth-order valence-electron chi connectivity index (χ4n) is 2.66. The third-order valence-electron chi connectivity index (χ3n) is 4.38. The van der Waals surface area contributed by atoms with Gasteiger partial charge in [-0.2, -0.15) is 0 Å². The number of hydrogen-bond acceptors (Lipinski definition) is 3. The van der Waals surface area contributed by atoms with Crippen molar-refractivity contribution >= 4 is 11.8 Å². The molecule has 1 aromatic rings. The Labute approximate surface area is 136 Å². The molecule has 1 saturated heterocycles. The molecular formula is C17H24FN3O2. The molecule has 5 nitrogen and oxygen atoms in total. The number of benzene rings is 1. The minimum absolute atomic E-state index is 0.0141. The molecule has 0 bridgehead atoms. The first-order valence-electron chi connectivity index (χ1n) is 8.00. The van der Waals surface area contributed by atoms with Crippen LogP contribution in [0.4, 0.5) is 4.39 Å². The summed E-state index contributed by atoms with van der Waals surface area (Å²) in [6.07, 6.45) is 0.678. The molecule has 1 fully saturated rings. The molecule has 2 amide bonds. The summed E-state index contributed by atoms with van der Waals surface area (Å²) in [6.45, 7) is 5.61. The van der Waals surface area contributed by atoms with Gasteiger partial charge in [-0.25, -0.2) is 4.39 Å². The first kappa shape index (κ1) is 17.4. The quantitative estimate of drug-likeness (QED) is 0.917. The average Bonchev–Trinajstić information content (AvgIpc) is 2.79. The van der Waals surface area contributed by atoms with E-state index < -0.39 is 5.82 Å². The van der Waals surface area contributed by atoms with Gasteiger partial charge in [-0.15, -0.1) is 0 Å². The Balaban J connectivity index is 2.03. The number of rotatable bonds is 3. The van der Waals surface area contributed by atoms with Crippen molar-refractivity contribution < 1.29 is 14.0 Å². The molecule has 0 saturated carbocycles. The monoisotopic (exact) mass is 321 g/mol. The summed E-state index contributed by atoms with van der Waals surface area (Å²) in [7, 11) is 0. The highest BCUT2D eigenvalue weighted by Gasteiger charge is 2.27. The lowest BCUT2D eigenvalue weighted by Gasteiger charge is -2.26. The van der Waals surface area contributed by atoms with Crippen molar-refractivity contribution in [1.29, 1.82) is 0 Å². The summed E-state index contributed by atoms with van der Waals surface area (Å²) in [4.78, 5) is 28.2. The van der Waals surface area contributed by atoms with E-state index in [-0.39, 0.29) is 29.3 Å². The molecule has 2 atom stereocenters. The predicted octanol–water partition coefficient (Wildman–Crippen LogP) is 1.48. The van der Waals surface area contributed by atoms with E-state index in [0.29, 0.717) is 32.6 Å². The lowest BCUT2D eigenvalue weighted by molar-refractivity contribution is -0.135. The normalized spacial score (nSPS) is 18.3. The summed E-state index contributed by atoms with van der Waals surface area (Å²) in [5, 5.41) is 0. The molecule has 6 heteroatoms. The highest BCUT2D eigenvalue weighted by molar-refractivity contribution is 5.94. The fraction of sp³-hybridized carbons (Fsp3) is 0.529. The summed E-state index contributed by atoms with van der Waals surface area (Å²) >= 11 is 0. The van der Waals surface area contributed by atoms with Gasteiger partial charge in [0.05, 0.1) is 11.5 Å². The average molecular weight is 321 g/mol. The van der Waals surface area contributed by atoms with Crippen LogP contribution in [-0.2, 0) is 4.79 Å². The van der Waals surface area contributed by atoms with Crippen molar-refractivity contribution in [2.24, 2.45) is 11.7 Å². The molecule has 1 heterocycles. The zero-order chi connectivity index (χ0) is 17.0. The van der Waals surface area contributed by atoms with Crippen LogP contribution in [0, 0.1) is 11.7 Å². The van der Waals surface area contributed by atoms with Gasteiger partial charge in [0, 0.05) is 32.2 Å². The molecule has 1 aromatic carbocycles. The van der Waals surface area contributed by atoms with Crippen LogP contribution < -0.4 is 5.73 Å². The first-order chi connectivity index (χ1) is 10.9. The van der Waals surface area contributed by atoms with Crippen molar-refractivity contribution in [3.05, 3.63) is 35.6 Å². The largest absolute Gasteiger partial charge is 0.341 e. The zero-order valence-electron chi connectivity index (χ0n) is 13.7. The lowest BCUT2D eigenvalue weighted by atomic mass is 10.0. The fourth-order valence-corrected chi connectivity index (χ4v) is 2.66. The van der Waals surface area contributed by atoms with E-state index in [9.17, 15) is 14.0 Å². The van der Waals surface area contributed by atoms with E-state index in [0.717, 1.165) is 0 Å². The molecule has 1 aliphatic rings. The Morgan fingerprint density at radius 1 is 1.09 bits per heavy atom. The molecule has 2 unspecified atom stereocenters. The van der Waals surface area contributed by atoms with E-state index in [2.05, 4.69) is 0 Å². The summed E-state index contributed by atoms with van der Waals surface area (Å²) < 4.78 is 13.8. The predicted molar refractivity (Wildman–Crippen MR) is 86.3 cm³/mol. The van der Waals surface area contributed by atoms with Crippen LogP contribution >= 0.6 is 0 Å². The minimum atomic E-state index is -0.514. The number of hydrogen-bond donors (Lipinski definition) is 1. The van der Waals surface area contributed by atoms with Crippen molar-refractivity contribution in [2.75, 3.05) is 26.2 Å². The van der Waals surface area contributed by atoms with E-state index in [1.165, 1.54) is 12.1 Å². The minimum Gasteiger partial charge on any atom is -0.341 e. The summed E-state index contributed by atoms with van der Waals surface area (Å²) in [5.41, 5.74) is 5.88. The van der Waals surface area contributed by atoms with Crippen LogP contribution in [0.3, 0.4) is 0 Å². The number of halogens is 1. The first-order valence-corrected chi connectivity index (χ1v) is 8.00. The SMILES string of the molecule is CC(N)C(C)C(=O)N1CCCN(C(=O)c2ccccc2F)CC1. The highest BCUT2D eigenvalue weighted by atomic mass is 19.1. The number of amides is 2. The molecule has 2 rings (SSSR count). The molecule has 1 aliphatic heterocycles. The molecule has 0 radical (unpaired) electrons. The molecular weight excluding hydrogens is 297 g/mol. The third-order valence-corrected chi connectivity index (χ3v) is 4.38. The molecule has 0 aliphatic carbocycles. The highest BCUT2D eigenvalue weighted by Crippen LogP contribution is 2.14. The van der Waals surface area contributed by atoms with Gasteiger partial charge < -0.3 is 15.5 Å². The molecule has 126 valence electrons. The van der Waals surface area contributed by atoms with Crippen LogP contribution in [0.5, 0.6) is 0 Å². The number of carbonyl (C=O) groups excluding carboxylic acids is 2. The maximum Gasteiger partial charge on any atom is 0.256 e. The van der Waals surface area contributed by atoms with Crippen LogP contribution in [0.1, 0.15) is 30.6 Å². The topological polar surface area (TPSA) is 66.6 Å². The van der Waals surface area contributed by atoms with Crippen LogP contribution in [0.15, 0.2) is 24.3 Å². The number of nitrogens with zero attached hydrogens (tertiary/aromatic N) is 2. The molecule has 0 aromatic heterocycles. The maximum atomic E-state index is 13.8. The van der Waals surface area contributed by atoms with Gasteiger partial charge in [0.25, 0.3) is 5.91 Å². The van der Waals surface area contributed by atoms with Gasteiger partial charge in [0.1, 0.15) is 5.82 Å². The number of carbonyl (C=O) groups is 2. The zero-order valence-corrected chi connectivity index (χ0v) is 13.7. The Morgan fingerprint density at radius 2 is 1.70 bits per heavy atom. The van der Waals surface area contributed by atoms with Crippen LogP contribution in [0.2, 0.25) is 0 Å². The Bertz CT molecular complexity index is 577. The second-order valence-corrected chi connectivity index (χ2v) is 6.10. The molecule has 0 spiro atoms. The van der Waals surface area contributed by atoms with Gasteiger partial charge >= 0.3 is 0 Å². The maximum absolute atomic E-state index is 13.8.